The molecule has 1 saturated heterocycles. The lowest BCUT2D eigenvalue weighted by atomic mass is 9.88. The highest BCUT2D eigenvalue weighted by atomic mass is 35.5. The first-order valence-electron chi connectivity index (χ1n) is 12.5. The van der Waals surface area contributed by atoms with Gasteiger partial charge in [0.1, 0.15) is 11.5 Å². The number of pyridine rings is 2. The van der Waals surface area contributed by atoms with E-state index in [1.807, 2.05) is 31.2 Å². The Morgan fingerprint density at radius 3 is 2.36 bits per heavy atom. The van der Waals surface area contributed by atoms with Crippen LogP contribution in [0.25, 0.3) is 27.8 Å². The highest BCUT2D eigenvalue weighted by Gasteiger charge is 2.29. The Kier molecular flexibility index (Phi) is 6.48. The van der Waals surface area contributed by atoms with Gasteiger partial charge in [0.05, 0.1) is 10.7 Å². The fourth-order valence-electron chi connectivity index (χ4n) is 5.31. The second-order valence-electron chi connectivity index (χ2n) is 10.7. The van der Waals surface area contributed by atoms with Gasteiger partial charge in [0.25, 0.3) is 5.56 Å². The zero-order valence-corrected chi connectivity index (χ0v) is 21.9. The summed E-state index contributed by atoms with van der Waals surface area (Å²) in [5, 5.41) is 1.19. The molecule has 0 N–H and O–H groups in total. The summed E-state index contributed by atoms with van der Waals surface area (Å²) >= 11 is 6.61. The lowest BCUT2D eigenvalue weighted by Gasteiger charge is -2.40. The molecule has 3 heterocycles. The number of benzene rings is 2. The van der Waals surface area contributed by atoms with E-state index < -0.39 is 0 Å². The molecule has 2 aromatic heterocycles. The number of rotatable bonds is 3. The smallest absolute Gasteiger partial charge is 0.256 e. The van der Waals surface area contributed by atoms with Crippen molar-refractivity contribution in [3.63, 3.8) is 0 Å². The molecule has 0 atom stereocenters. The molecule has 0 saturated carbocycles. The lowest BCUT2D eigenvalue weighted by Crippen LogP contribution is -2.45. The summed E-state index contributed by atoms with van der Waals surface area (Å²) in [7, 11) is 0. The van der Waals surface area contributed by atoms with E-state index in [-0.39, 0.29) is 22.8 Å². The van der Waals surface area contributed by atoms with Crippen LogP contribution in [0.3, 0.4) is 0 Å². The number of nitrogens with zero attached hydrogens (tertiary/aromatic N) is 3. The first-order chi connectivity index (χ1) is 17.1. The van der Waals surface area contributed by atoms with Gasteiger partial charge in [-0.05, 0) is 89.0 Å². The van der Waals surface area contributed by atoms with Crippen LogP contribution >= 0.6 is 11.6 Å². The Morgan fingerprint density at radius 2 is 1.69 bits per heavy atom. The van der Waals surface area contributed by atoms with Crippen molar-refractivity contribution in [1.29, 1.82) is 0 Å². The number of hydrogen-bond donors (Lipinski definition) is 0. The molecule has 0 amide bonds. The quantitative estimate of drug-likeness (QED) is 0.298. The van der Waals surface area contributed by atoms with Gasteiger partial charge >= 0.3 is 0 Å². The van der Waals surface area contributed by atoms with Crippen molar-refractivity contribution in [2.24, 2.45) is 0 Å². The van der Waals surface area contributed by atoms with Gasteiger partial charge < -0.3 is 0 Å². The summed E-state index contributed by atoms with van der Waals surface area (Å²) in [6, 6.07) is 17.6. The number of aromatic nitrogens is 2. The minimum absolute atomic E-state index is 0.113. The van der Waals surface area contributed by atoms with Crippen LogP contribution in [0.15, 0.2) is 65.5 Å². The molecule has 0 unspecified atom stereocenters. The molecule has 0 aliphatic carbocycles. The number of likely N-dealkylation sites (tertiary alicyclic amines) is 1. The topological polar surface area (TPSA) is 38.1 Å². The van der Waals surface area contributed by atoms with Crippen LogP contribution in [-0.2, 0) is 0 Å². The molecule has 186 valence electrons. The first kappa shape index (κ1) is 24.7. The second kappa shape index (κ2) is 9.45. The highest BCUT2D eigenvalue weighted by Crippen LogP contribution is 2.37. The number of para-hydroxylation sites is 1. The van der Waals surface area contributed by atoms with Crippen molar-refractivity contribution < 1.29 is 4.39 Å². The molecule has 0 spiro atoms. The predicted molar refractivity (Wildman–Crippen MR) is 146 cm³/mol. The van der Waals surface area contributed by atoms with Gasteiger partial charge in [-0.3, -0.25) is 14.3 Å². The molecule has 6 heteroatoms. The van der Waals surface area contributed by atoms with E-state index in [1.165, 1.54) is 12.1 Å². The van der Waals surface area contributed by atoms with Crippen LogP contribution < -0.4 is 5.56 Å². The molecule has 1 fully saturated rings. The number of halogens is 2. The van der Waals surface area contributed by atoms with Gasteiger partial charge in [-0.25, -0.2) is 9.37 Å². The van der Waals surface area contributed by atoms with Gasteiger partial charge in [-0.15, -0.1) is 0 Å². The van der Waals surface area contributed by atoms with Crippen LogP contribution in [-0.4, -0.2) is 33.1 Å². The molecular formula is C30H31ClFN3O. The van der Waals surface area contributed by atoms with E-state index in [2.05, 4.69) is 25.7 Å². The standard InChI is InChI=1S/C30H31ClFN3O/c1-19-8-7-10-24(31)28(19)35-27(36)13-12-22-23(21-9-5-6-11-25(21)32)18-26(33-29(22)35)20-14-16-34(17-15-20)30(2,3)4/h5-13,18,20H,14-17H2,1-4H3. The minimum Gasteiger partial charge on any atom is -0.298 e. The van der Waals surface area contributed by atoms with Gasteiger partial charge in [0.15, 0.2) is 0 Å². The molecule has 0 radical (unpaired) electrons. The van der Waals surface area contributed by atoms with E-state index >= 15 is 4.39 Å². The molecular weight excluding hydrogens is 473 g/mol. The Bertz CT molecular complexity index is 1480. The van der Waals surface area contributed by atoms with Crippen LogP contribution in [0.4, 0.5) is 4.39 Å². The zero-order valence-electron chi connectivity index (χ0n) is 21.2. The van der Waals surface area contributed by atoms with Crippen molar-refractivity contribution in [3.05, 3.63) is 93.1 Å². The summed E-state index contributed by atoms with van der Waals surface area (Å²) in [5.74, 6) is -0.0835. The Hall–Kier alpha value is -3.02. The third kappa shape index (κ3) is 4.46. The maximum absolute atomic E-state index is 15.1. The van der Waals surface area contributed by atoms with Gasteiger partial charge in [0, 0.05) is 34.2 Å². The third-order valence-electron chi connectivity index (χ3n) is 7.32. The van der Waals surface area contributed by atoms with E-state index in [9.17, 15) is 4.79 Å². The van der Waals surface area contributed by atoms with Crippen LogP contribution in [0.5, 0.6) is 0 Å². The third-order valence-corrected chi connectivity index (χ3v) is 7.63. The van der Waals surface area contributed by atoms with E-state index in [4.69, 9.17) is 16.6 Å². The molecule has 36 heavy (non-hydrogen) atoms. The van der Waals surface area contributed by atoms with E-state index in [0.29, 0.717) is 21.9 Å². The largest absolute Gasteiger partial charge is 0.298 e. The second-order valence-corrected chi connectivity index (χ2v) is 11.1. The zero-order chi connectivity index (χ0) is 25.6. The molecule has 1 aliphatic rings. The molecule has 4 nitrogen and oxygen atoms in total. The Labute approximate surface area is 216 Å². The number of piperidine rings is 1. The predicted octanol–water partition coefficient (Wildman–Crippen LogP) is 7.13. The van der Waals surface area contributed by atoms with Crippen LogP contribution in [0, 0.1) is 12.7 Å². The van der Waals surface area contributed by atoms with E-state index in [0.717, 1.165) is 48.1 Å². The van der Waals surface area contributed by atoms with Crippen LogP contribution in [0.2, 0.25) is 5.02 Å². The lowest BCUT2D eigenvalue weighted by molar-refractivity contribution is 0.102. The van der Waals surface area contributed by atoms with Gasteiger partial charge in [-0.2, -0.15) is 0 Å². The highest BCUT2D eigenvalue weighted by molar-refractivity contribution is 6.32. The normalized spacial score (nSPS) is 15.5. The molecule has 5 rings (SSSR count). The monoisotopic (exact) mass is 503 g/mol. The Balaban J connectivity index is 1.76. The SMILES string of the molecule is Cc1cccc(Cl)c1-n1c(=O)ccc2c(-c3ccccc3F)cc(C3CCN(C(C)(C)C)CC3)nc21. The average molecular weight is 504 g/mol. The molecule has 2 aromatic carbocycles. The molecule has 4 aromatic rings. The summed E-state index contributed by atoms with van der Waals surface area (Å²) in [4.78, 5) is 20.9. The maximum Gasteiger partial charge on any atom is 0.256 e. The van der Waals surface area contributed by atoms with Crippen LogP contribution in [0.1, 0.15) is 50.8 Å². The number of hydrogen-bond acceptors (Lipinski definition) is 3. The number of fused-ring (bicyclic) bond motifs is 1. The summed E-state index contributed by atoms with van der Waals surface area (Å²) in [6.45, 7) is 10.6. The molecule has 0 bridgehead atoms. The van der Waals surface area contributed by atoms with Crippen molar-refractivity contribution in [3.8, 4) is 16.8 Å². The van der Waals surface area contributed by atoms with E-state index in [1.54, 1.807) is 28.8 Å². The fraction of sp³-hybridized carbons (Fsp3) is 0.333. The van der Waals surface area contributed by atoms with Crippen molar-refractivity contribution in [2.45, 2.75) is 52.0 Å². The number of aryl methyl sites for hydroxylation is 1. The molecule has 1 aliphatic heterocycles. The summed E-state index contributed by atoms with van der Waals surface area (Å²) < 4.78 is 16.7. The fourth-order valence-corrected chi connectivity index (χ4v) is 5.62. The van der Waals surface area contributed by atoms with Crippen molar-refractivity contribution in [2.75, 3.05) is 13.1 Å². The van der Waals surface area contributed by atoms with Gasteiger partial charge in [-0.1, -0.05) is 41.9 Å². The van der Waals surface area contributed by atoms with Crippen molar-refractivity contribution in [1.82, 2.24) is 14.5 Å². The Morgan fingerprint density at radius 1 is 0.972 bits per heavy atom. The minimum atomic E-state index is -0.301. The maximum atomic E-state index is 15.1. The van der Waals surface area contributed by atoms with Gasteiger partial charge in [0.2, 0.25) is 0 Å². The average Bonchev–Trinajstić information content (AvgIpc) is 2.84. The summed E-state index contributed by atoms with van der Waals surface area (Å²) in [5.41, 5.74) is 4.01. The summed E-state index contributed by atoms with van der Waals surface area (Å²) in [6.07, 6.45) is 1.91. The first-order valence-corrected chi connectivity index (χ1v) is 12.8. The van der Waals surface area contributed by atoms with Crippen molar-refractivity contribution >= 4 is 22.6 Å².